The van der Waals surface area contributed by atoms with Gasteiger partial charge in [0, 0.05) is 5.02 Å². The molecule has 16 heavy (non-hydrogen) atoms. The van der Waals surface area contributed by atoms with Gasteiger partial charge in [0.05, 0.1) is 16.6 Å². The molecule has 0 saturated heterocycles. The maximum absolute atomic E-state index is 11.9. The molecule has 1 N–H and O–H groups in total. The quantitative estimate of drug-likeness (QED) is 0.901. The van der Waals surface area contributed by atoms with Crippen molar-refractivity contribution < 1.29 is 18.3 Å². The Balaban J connectivity index is 3.02. The van der Waals surface area contributed by atoms with Crippen molar-refractivity contribution in [1.29, 1.82) is 0 Å². The number of carboxylic acids is 1. The maximum atomic E-state index is 11.9. The Morgan fingerprint density at radius 3 is 2.31 bits per heavy atom. The zero-order chi connectivity index (χ0) is 12.3. The van der Waals surface area contributed by atoms with Crippen molar-refractivity contribution in [2.45, 2.75) is 23.5 Å². The van der Waals surface area contributed by atoms with E-state index in [9.17, 15) is 13.2 Å². The van der Waals surface area contributed by atoms with E-state index < -0.39 is 27.5 Å². The summed E-state index contributed by atoms with van der Waals surface area (Å²) in [5.41, 5.74) is 0. The Morgan fingerprint density at radius 1 is 1.38 bits per heavy atom. The van der Waals surface area contributed by atoms with Gasteiger partial charge in [0.2, 0.25) is 0 Å². The molecule has 0 bridgehead atoms. The molecular formula is C10H11ClO4S. The van der Waals surface area contributed by atoms with Crippen LogP contribution in [0.1, 0.15) is 13.3 Å². The van der Waals surface area contributed by atoms with E-state index >= 15 is 0 Å². The van der Waals surface area contributed by atoms with Gasteiger partial charge in [0.1, 0.15) is 0 Å². The lowest BCUT2D eigenvalue weighted by Gasteiger charge is -2.10. The second kappa shape index (κ2) is 4.84. The van der Waals surface area contributed by atoms with Crippen molar-refractivity contribution in [1.82, 2.24) is 0 Å². The highest BCUT2D eigenvalue weighted by Gasteiger charge is 2.25. The third-order valence-corrected chi connectivity index (χ3v) is 4.54. The van der Waals surface area contributed by atoms with Crippen LogP contribution >= 0.6 is 11.6 Å². The molecule has 1 unspecified atom stereocenters. The summed E-state index contributed by atoms with van der Waals surface area (Å²) >= 11 is 5.64. The number of carboxylic acid groups (broad SMARTS) is 1. The summed E-state index contributed by atoms with van der Waals surface area (Å²) in [5.74, 6) is -1.13. The van der Waals surface area contributed by atoms with Crippen LogP contribution in [0.25, 0.3) is 0 Å². The van der Waals surface area contributed by atoms with Crippen LogP contribution in [-0.4, -0.2) is 24.7 Å². The van der Waals surface area contributed by atoms with Gasteiger partial charge >= 0.3 is 5.97 Å². The topological polar surface area (TPSA) is 71.4 Å². The number of halogens is 1. The average molecular weight is 263 g/mol. The van der Waals surface area contributed by atoms with Crippen LogP contribution in [0.3, 0.4) is 0 Å². The first-order chi connectivity index (χ1) is 7.34. The van der Waals surface area contributed by atoms with Gasteiger partial charge in [-0.25, -0.2) is 8.42 Å². The van der Waals surface area contributed by atoms with Gasteiger partial charge in [-0.3, -0.25) is 4.79 Å². The molecule has 1 atom stereocenters. The molecular weight excluding hydrogens is 252 g/mol. The first kappa shape index (κ1) is 13.0. The van der Waals surface area contributed by atoms with Crippen LogP contribution in [0.5, 0.6) is 0 Å². The number of hydrogen-bond acceptors (Lipinski definition) is 3. The Morgan fingerprint density at radius 2 is 1.88 bits per heavy atom. The third-order valence-electron chi connectivity index (χ3n) is 2.13. The van der Waals surface area contributed by atoms with Gasteiger partial charge in [-0.1, -0.05) is 11.6 Å². The van der Waals surface area contributed by atoms with E-state index in [0.29, 0.717) is 5.02 Å². The standard InChI is InChI=1S/C10H11ClO4S/c1-7(6-10(12)13)16(14,15)9-4-2-8(11)3-5-9/h2-5,7H,6H2,1H3,(H,12,13). The Labute approximate surface area is 98.8 Å². The van der Waals surface area contributed by atoms with Crippen molar-refractivity contribution in [2.24, 2.45) is 0 Å². The predicted octanol–water partition coefficient (Wildman–Crippen LogP) is 1.98. The zero-order valence-corrected chi connectivity index (χ0v) is 10.1. The van der Waals surface area contributed by atoms with Gasteiger partial charge in [-0.05, 0) is 31.2 Å². The van der Waals surface area contributed by atoms with E-state index in [1.54, 1.807) is 0 Å². The number of rotatable bonds is 4. The van der Waals surface area contributed by atoms with Crippen molar-refractivity contribution in [3.63, 3.8) is 0 Å². The van der Waals surface area contributed by atoms with Crippen LogP contribution in [0.15, 0.2) is 29.2 Å². The van der Waals surface area contributed by atoms with Gasteiger partial charge in [-0.15, -0.1) is 0 Å². The predicted molar refractivity (Wildman–Crippen MR) is 60.4 cm³/mol. The minimum Gasteiger partial charge on any atom is -0.481 e. The molecule has 0 saturated carbocycles. The molecule has 1 aromatic carbocycles. The van der Waals surface area contributed by atoms with Crippen molar-refractivity contribution in [3.05, 3.63) is 29.3 Å². The number of sulfone groups is 1. The molecule has 0 spiro atoms. The van der Waals surface area contributed by atoms with Gasteiger partial charge in [0.25, 0.3) is 0 Å². The summed E-state index contributed by atoms with van der Waals surface area (Å²) in [6.07, 6.45) is -0.412. The minimum atomic E-state index is -3.59. The van der Waals surface area contributed by atoms with Crippen molar-refractivity contribution >= 4 is 27.4 Å². The average Bonchev–Trinajstić information content (AvgIpc) is 2.17. The molecule has 4 nitrogen and oxygen atoms in total. The number of hydrogen-bond donors (Lipinski definition) is 1. The molecule has 0 fully saturated rings. The lowest BCUT2D eigenvalue weighted by molar-refractivity contribution is -0.136. The lowest BCUT2D eigenvalue weighted by atomic mass is 10.3. The van der Waals surface area contributed by atoms with E-state index in [2.05, 4.69) is 0 Å². The summed E-state index contributed by atoms with van der Waals surface area (Å²) < 4.78 is 23.7. The van der Waals surface area contributed by atoms with Crippen LogP contribution in [0, 0.1) is 0 Å². The van der Waals surface area contributed by atoms with Crippen LogP contribution in [0.4, 0.5) is 0 Å². The van der Waals surface area contributed by atoms with Gasteiger partial charge < -0.3 is 5.11 Å². The number of carbonyl (C=O) groups is 1. The number of benzene rings is 1. The molecule has 0 amide bonds. The highest BCUT2D eigenvalue weighted by molar-refractivity contribution is 7.92. The molecule has 0 radical (unpaired) electrons. The molecule has 1 aromatic rings. The fourth-order valence-corrected chi connectivity index (χ4v) is 2.68. The highest BCUT2D eigenvalue weighted by atomic mass is 35.5. The third kappa shape index (κ3) is 2.96. The zero-order valence-electron chi connectivity index (χ0n) is 8.55. The Bertz CT molecular complexity index is 478. The van der Waals surface area contributed by atoms with Crippen LogP contribution < -0.4 is 0 Å². The van der Waals surface area contributed by atoms with Crippen LogP contribution in [0.2, 0.25) is 5.02 Å². The maximum Gasteiger partial charge on any atom is 0.304 e. The molecule has 0 aliphatic carbocycles. The monoisotopic (exact) mass is 262 g/mol. The summed E-state index contributed by atoms with van der Waals surface area (Å²) in [5, 5.41) is 8.04. The molecule has 0 aliphatic rings. The first-order valence-electron chi connectivity index (χ1n) is 4.55. The lowest BCUT2D eigenvalue weighted by Crippen LogP contribution is -2.21. The normalized spacial score (nSPS) is 13.4. The highest BCUT2D eigenvalue weighted by Crippen LogP contribution is 2.20. The first-order valence-corrected chi connectivity index (χ1v) is 6.47. The fraction of sp³-hybridized carbons (Fsp3) is 0.300. The Kier molecular flexibility index (Phi) is 3.93. The molecule has 1 rings (SSSR count). The minimum absolute atomic E-state index is 0.0886. The number of aliphatic carboxylic acids is 1. The molecule has 88 valence electrons. The van der Waals surface area contributed by atoms with Crippen molar-refractivity contribution in [2.75, 3.05) is 0 Å². The smallest absolute Gasteiger partial charge is 0.304 e. The summed E-state index contributed by atoms with van der Waals surface area (Å²) in [6.45, 7) is 1.37. The van der Waals surface area contributed by atoms with E-state index in [0.717, 1.165) is 0 Å². The van der Waals surface area contributed by atoms with E-state index in [-0.39, 0.29) is 4.90 Å². The molecule has 6 heteroatoms. The van der Waals surface area contributed by atoms with Crippen LogP contribution in [-0.2, 0) is 14.6 Å². The van der Waals surface area contributed by atoms with E-state index in [1.165, 1.54) is 31.2 Å². The van der Waals surface area contributed by atoms with E-state index in [1.807, 2.05) is 0 Å². The van der Waals surface area contributed by atoms with Gasteiger partial charge in [-0.2, -0.15) is 0 Å². The molecule has 0 aliphatic heterocycles. The molecule has 0 aromatic heterocycles. The van der Waals surface area contributed by atoms with Crippen molar-refractivity contribution in [3.8, 4) is 0 Å². The summed E-state index contributed by atoms with van der Waals surface area (Å²) in [4.78, 5) is 10.5. The summed E-state index contributed by atoms with van der Waals surface area (Å²) in [7, 11) is -3.59. The SMILES string of the molecule is CC(CC(=O)O)S(=O)(=O)c1ccc(Cl)cc1. The second-order valence-corrected chi connectivity index (χ2v) is 6.21. The molecule has 0 heterocycles. The second-order valence-electron chi connectivity index (χ2n) is 3.41. The fourth-order valence-electron chi connectivity index (χ4n) is 1.21. The van der Waals surface area contributed by atoms with Gasteiger partial charge in [0.15, 0.2) is 9.84 Å². The Hall–Kier alpha value is -1.07. The van der Waals surface area contributed by atoms with E-state index in [4.69, 9.17) is 16.7 Å². The summed E-state index contributed by atoms with van der Waals surface area (Å²) in [6, 6.07) is 5.66. The largest absolute Gasteiger partial charge is 0.481 e.